The molecule has 1 aromatic carbocycles. The van der Waals surface area contributed by atoms with Gasteiger partial charge in [-0.1, -0.05) is 51.1 Å². The molecule has 1 unspecified atom stereocenters. The fourth-order valence-corrected chi connectivity index (χ4v) is 1.82. The predicted molar refractivity (Wildman–Crippen MR) is 78.3 cm³/mol. The number of nitrogens with one attached hydrogen (secondary N) is 1. The van der Waals surface area contributed by atoms with E-state index in [0.29, 0.717) is 6.42 Å². The van der Waals surface area contributed by atoms with Crippen LogP contribution in [0.3, 0.4) is 0 Å². The highest BCUT2D eigenvalue weighted by molar-refractivity contribution is 5.85. The standard InChI is InChI=1S/C16H23NO3/c1-12(18)14(10-16(2,3)4)17-15(19)20-11-13-8-6-5-7-9-13/h5-9,14H,10-11H2,1-4H3,(H,17,19). The summed E-state index contributed by atoms with van der Waals surface area (Å²) in [5.74, 6) is -0.0587. The van der Waals surface area contributed by atoms with Gasteiger partial charge < -0.3 is 10.1 Å². The van der Waals surface area contributed by atoms with E-state index in [2.05, 4.69) is 5.32 Å². The lowest BCUT2D eigenvalue weighted by molar-refractivity contribution is -0.119. The lowest BCUT2D eigenvalue weighted by Crippen LogP contribution is -2.42. The van der Waals surface area contributed by atoms with Crippen LogP contribution in [0.4, 0.5) is 4.79 Å². The number of alkyl carbamates (subject to hydrolysis) is 1. The van der Waals surface area contributed by atoms with Crippen molar-refractivity contribution in [2.24, 2.45) is 5.41 Å². The number of rotatable bonds is 5. The summed E-state index contributed by atoms with van der Waals surface area (Å²) in [5, 5.41) is 2.63. The Morgan fingerprint density at radius 3 is 2.30 bits per heavy atom. The summed E-state index contributed by atoms with van der Waals surface area (Å²) in [7, 11) is 0. The molecule has 0 aliphatic carbocycles. The van der Waals surface area contributed by atoms with Gasteiger partial charge >= 0.3 is 6.09 Å². The lowest BCUT2D eigenvalue weighted by atomic mass is 9.87. The molecule has 0 aliphatic heterocycles. The van der Waals surface area contributed by atoms with E-state index in [-0.39, 0.29) is 17.8 Å². The second kappa shape index (κ2) is 7.08. The first-order valence-electron chi connectivity index (χ1n) is 6.75. The van der Waals surface area contributed by atoms with Gasteiger partial charge in [-0.3, -0.25) is 4.79 Å². The Balaban J connectivity index is 2.48. The summed E-state index contributed by atoms with van der Waals surface area (Å²) in [5.41, 5.74) is 0.876. The lowest BCUT2D eigenvalue weighted by Gasteiger charge is -2.24. The Bertz CT molecular complexity index is 449. The van der Waals surface area contributed by atoms with Crippen LogP contribution in [0, 0.1) is 5.41 Å². The molecule has 1 rings (SSSR count). The van der Waals surface area contributed by atoms with Crippen molar-refractivity contribution in [1.82, 2.24) is 5.32 Å². The highest BCUT2D eigenvalue weighted by atomic mass is 16.5. The van der Waals surface area contributed by atoms with Crippen molar-refractivity contribution in [3.05, 3.63) is 35.9 Å². The maximum Gasteiger partial charge on any atom is 0.408 e. The van der Waals surface area contributed by atoms with Crippen LogP contribution in [0.15, 0.2) is 30.3 Å². The molecule has 0 saturated carbocycles. The number of benzene rings is 1. The van der Waals surface area contributed by atoms with Gasteiger partial charge in [0.05, 0.1) is 6.04 Å². The Morgan fingerprint density at radius 2 is 1.80 bits per heavy atom. The summed E-state index contributed by atoms with van der Waals surface area (Å²) < 4.78 is 5.12. The second-order valence-corrected chi connectivity index (χ2v) is 6.13. The first kappa shape index (κ1) is 16.2. The Labute approximate surface area is 120 Å². The van der Waals surface area contributed by atoms with Crippen LogP contribution >= 0.6 is 0 Å². The van der Waals surface area contributed by atoms with Crippen LogP contribution in [0.25, 0.3) is 0 Å². The van der Waals surface area contributed by atoms with E-state index in [1.807, 2.05) is 51.1 Å². The number of Topliss-reactive ketones (excluding diaryl/α,β-unsaturated/α-hetero) is 1. The molecule has 0 bridgehead atoms. The smallest absolute Gasteiger partial charge is 0.408 e. The highest BCUT2D eigenvalue weighted by Crippen LogP contribution is 2.21. The minimum Gasteiger partial charge on any atom is -0.445 e. The number of ketones is 1. The molecule has 0 fully saturated rings. The van der Waals surface area contributed by atoms with E-state index in [1.165, 1.54) is 6.92 Å². The largest absolute Gasteiger partial charge is 0.445 e. The third kappa shape index (κ3) is 6.36. The van der Waals surface area contributed by atoms with E-state index < -0.39 is 12.1 Å². The first-order valence-corrected chi connectivity index (χ1v) is 6.75. The molecular formula is C16H23NO3. The Morgan fingerprint density at radius 1 is 1.20 bits per heavy atom. The fourth-order valence-electron chi connectivity index (χ4n) is 1.82. The average Bonchev–Trinajstić information content (AvgIpc) is 2.35. The van der Waals surface area contributed by atoms with Crippen LogP contribution in [0.1, 0.15) is 39.7 Å². The molecule has 0 radical (unpaired) electrons. The van der Waals surface area contributed by atoms with Gasteiger partial charge in [0.2, 0.25) is 0 Å². The van der Waals surface area contributed by atoms with Crippen LogP contribution < -0.4 is 5.32 Å². The zero-order valence-electron chi connectivity index (χ0n) is 12.6. The van der Waals surface area contributed by atoms with Crippen LogP contribution in [-0.4, -0.2) is 17.9 Å². The molecule has 110 valence electrons. The summed E-state index contributed by atoms with van der Waals surface area (Å²) in [4.78, 5) is 23.3. The van der Waals surface area contributed by atoms with Gasteiger partial charge in [-0.15, -0.1) is 0 Å². The van der Waals surface area contributed by atoms with E-state index in [0.717, 1.165) is 5.56 Å². The third-order valence-electron chi connectivity index (χ3n) is 2.81. The normalized spacial score (nSPS) is 12.6. The fraction of sp³-hybridized carbons (Fsp3) is 0.500. The maximum absolute atomic E-state index is 11.7. The van der Waals surface area contributed by atoms with Crippen LogP contribution in [-0.2, 0) is 16.1 Å². The molecule has 4 heteroatoms. The van der Waals surface area contributed by atoms with Gasteiger partial charge in [0.1, 0.15) is 6.61 Å². The SMILES string of the molecule is CC(=O)C(CC(C)(C)C)NC(=O)OCc1ccccc1. The van der Waals surface area contributed by atoms with Crippen molar-refractivity contribution in [1.29, 1.82) is 0 Å². The van der Waals surface area contributed by atoms with Gasteiger partial charge in [0, 0.05) is 0 Å². The quantitative estimate of drug-likeness (QED) is 0.898. The predicted octanol–water partition coefficient (Wildman–Crippen LogP) is 3.31. The van der Waals surface area contributed by atoms with Gasteiger partial charge in [-0.2, -0.15) is 0 Å². The van der Waals surface area contributed by atoms with Crippen molar-refractivity contribution < 1.29 is 14.3 Å². The van der Waals surface area contributed by atoms with Gasteiger partial charge in [0.15, 0.2) is 5.78 Å². The number of carbonyl (C=O) groups excluding carboxylic acids is 2. The molecule has 1 N–H and O–H groups in total. The van der Waals surface area contributed by atoms with Crippen molar-refractivity contribution in [2.75, 3.05) is 0 Å². The van der Waals surface area contributed by atoms with E-state index in [1.54, 1.807) is 0 Å². The van der Waals surface area contributed by atoms with Crippen LogP contribution in [0.2, 0.25) is 0 Å². The second-order valence-electron chi connectivity index (χ2n) is 6.13. The third-order valence-corrected chi connectivity index (χ3v) is 2.81. The molecule has 0 saturated heterocycles. The van der Waals surface area contributed by atoms with Crippen molar-refractivity contribution >= 4 is 11.9 Å². The summed E-state index contributed by atoms with van der Waals surface area (Å²) in [6.07, 6.45) is 0.0290. The highest BCUT2D eigenvalue weighted by Gasteiger charge is 2.24. The van der Waals surface area contributed by atoms with Crippen LogP contribution in [0.5, 0.6) is 0 Å². The molecule has 0 aromatic heterocycles. The molecule has 0 heterocycles. The number of ether oxygens (including phenoxy) is 1. The van der Waals surface area contributed by atoms with Crippen molar-refractivity contribution in [2.45, 2.75) is 46.8 Å². The number of carbonyl (C=O) groups is 2. The number of hydrogen-bond donors (Lipinski definition) is 1. The molecule has 1 amide bonds. The van der Waals surface area contributed by atoms with E-state index in [9.17, 15) is 9.59 Å². The average molecular weight is 277 g/mol. The number of hydrogen-bond acceptors (Lipinski definition) is 3. The number of amides is 1. The van der Waals surface area contributed by atoms with Gasteiger partial charge in [0.25, 0.3) is 0 Å². The van der Waals surface area contributed by atoms with Crippen molar-refractivity contribution in [3.8, 4) is 0 Å². The van der Waals surface area contributed by atoms with E-state index >= 15 is 0 Å². The van der Waals surface area contributed by atoms with Crippen molar-refractivity contribution in [3.63, 3.8) is 0 Å². The first-order chi connectivity index (χ1) is 9.28. The minimum atomic E-state index is -0.557. The molecule has 0 aliphatic rings. The monoisotopic (exact) mass is 277 g/mol. The molecule has 20 heavy (non-hydrogen) atoms. The van der Waals surface area contributed by atoms with Gasteiger partial charge in [-0.25, -0.2) is 4.79 Å². The topological polar surface area (TPSA) is 55.4 Å². The molecule has 0 spiro atoms. The zero-order chi connectivity index (χ0) is 15.2. The molecular weight excluding hydrogens is 254 g/mol. The maximum atomic E-state index is 11.7. The summed E-state index contributed by atoms with van der Waals surface area (Å²) in [6.45, 7) is 7.76. The van der Waals surface area contributed by atoms with Gasteiger partial charge in [-0.05, 0) is 24.3 Å². The molecule has 1 aromatic rings. The summed E-state index contributed by atoms with van der Waals surface area (Å²) >= 11 is 0. The summed E-state index contributed by atoms with van der Waals surface area (Å²) in [6, 6.07) is 8.93. The minimum absolute atomic E-state index is 0.0386. The van der Waals surface area contributed by atoms with E-state index in [4.69, 9.17) is 4.74 Å². The molecule has 1 atom stereocenters. The Kier molecular flexibility index (Phi) is 5.74. The zero-order valence-corrected chi connectivity index (χ0v) is 12.6. The molecule has 4 nitrogen and oxygen atoms in total. The Hall–Kier alpha value is -1.84.